The van der Waals surface area contributed by atoms with E-state index in [1.165, 1.54) is 0 Å². The number of nitrogens with one attached hydrogen (secondary N) is 1. The molecule has 1 fully saturated rings. The number of hydrogen-bond acceptors (Lipinski definition) is 4. The molecule has 140 valence electrons. The summed E-state index contributed by atoms with van der Waals surface area (Å²) in [6.07, 6.45) is 0.0754. The first-order valence-electron chi connectivity index (χ1n) is 8.52. The predicted octanol–water partition coefficient (Wildman–Crippen LogP) is 3.18. The molecule has 2 aromatic carbocycles. The van der Waals surface area contributed by atoms with Crippen molar-refractivity contribution in [3.63, 3.8) is 0 Å². The molecule has 1 saturated heterocycles. The first-order valence-corrected chi connectivity index (χ1v) is 8.90. The fourth-order valence-electron chi connectivity index (χ4n) is 2.95. The summed E-state index contributed by atoms with van der Waals surface area (Å²) in [5.41, 5.74) is 2.31. The molecular formula is C20H19ClN2O4. The number of rotatable bonds is 5. The average molecular weight is 387 g/mol. The van der Waals surface area contributed by atoms with Crippen LogP contribution in [0.2, 0.25) is 5.02 Å². The quantitative estimate of drug-likeness (QED) is 0.801. The van der Waals surface area contributed by atoms with E-state index in [2.05, 4.69) is 5.32 Å². The van der Waals surface area contributed by atoms with Crippen molar-refractivity contribution in [2.24, 2.45) is 5.92 Å². The maximum atomic E-state index is 12.3. The monoisotopic (exact) mass is 386 g/mol. The summed E-state index contributed by atoms with van der Waals surface area (Å²) in [6.45, 7) is 1.76. The van der Waals surface area contributed by atoms with Crippen LogP contribution in [0.25, 0.3) is 0 Å². The molecule has 0 spiro atoms. The fraction of sp³-hybridized carbons (Fsp3) is 0.250. The zero-order valence-corrected chi connectivity index (χ0v) is 15.5. The summed E-state index contributed by atoms with van der Waals surface area (Å²) < 4.78 is 5.09. The number of para-hydroxylation sites is 1. The minimum atomic E-state index is -0.583. The molecule has 1 atom stereocenters. The molecule has 2 aromatic rings. The highest BCUT2D eigenvalue weighted by atomic mass is 35.5. The first-order chi connectivity index (χ1) is 12.9. The van der Waals surface area contributed by atoms with E-state index >= 15 is 0 Å². The Bertz CT molecular complexity index is 867. The van der Waals surface area contributed by atoms with Gasteiger partial charge in [-0.25, -0.2) is 0 Å². The summed E-state index contributed by atoms with van der Waals surface area (Å²) in [5, 5.41) is 3.17. The maximum absolute atomic E-state index is 12.3. The fourth-order valence-corrected chi connectivity index (χ4v) is 3.08. The number of carbonyl (C=O) groups excluding carboxylic acids is 3. The molecule has 0 aliphatic carbocycles. The van der Waals surface area contributed by atoms with Crippen molar-refractivity contribution in [3.8, 4) is 0 Å². The molecule has 27 heavy (non-hydrogen) atoms. The normalized spacial score (nSPS) is 16.3. The third-order valence-electron chi connectivity index (χ3n) is 4.34. The lowest BCUT2D eigenvalue weighted by Gasteiger charge is -2.18. The van der Waals surface area contributed by atoms with Crippen LogP contribution in [0.3, 0.4) is 0 Å². The smallest absolute Gasteiger partial charge is 0.311 e. The van der Waals surface area contributed by atoms with Crippen molar-refractivity contribution in [1.29, 1.82) is 0 Å². The predicted molar refractivity (Wildman–Crippen MR) is 103 cm³/mol. The van der Waals surface area contributed by atoms with E-state index in [0.29, 0.717) is 10.7 Å². The van der Waals surface area contributed by atoms with Crippen molar-refractivity contribution >= 4 is 40.8 Å². The van der Waals surface area contributed by atoms with Gasteiger partial charge in [-0.2, -0.15) is 0 Å². The van der Waals surface area contributed by atoms with Gasteiger partial charge in [0.25, 0.3) is 5.91 Å². The molecular weight excluding hydrogens is 368 g/mol. The average Bonchev–Trinajstić information content (AvgIpc) is 3.04. The van der Waals surface area contributed by atoms with Crippen molar-refractivity contribution in [2.75, 3.05) is 23.4 Å². The Morgan fingerprint density at radius 2 is 1.89 bits per heavy atom. The van der Waals surface area contributed by atoms with Crippen molar-refractivity contribution in [2.45, 2.75) is 13.3 Å². The van der Waals surface area contributed by atoms with Gasteiger partial charge >= 0.3 is 5.97 Å². The van der Waals surface area contributed by atoms with Gasteiger partial charge in [-0.3, -0.25) is 14.4 Å². The maximum Gasteiger partial charge on any atom is 0.311 e. The largest absolute Gasteiger partial charge is 0.455 e. The Kier molecular flexibility index (Phi) is 5.76. The number of halogens is 1. The van der Waals surface area contributed by atoms with E-state index in [4.69, 9.17) is 16.3 Å². The first kappa shape index (κ1) is 18.9. The second-order valence-electron chi connectivity index (χ2n) is 6.35. The summed E-state index contributed by atoms with van der Waals surface area (Å²) >= 11 is 5.79. The van der Waals surface area contributed by atoms with E-state index in [0.717, 1.165) is 11.3 Å². The Balaban J connectivity index is 1.53. The molecule has 0 saturated carbocycles. The summed E-state index contributed by atoms with van der Waals surface area (Å²) in [4.78, 5) is 38.0. The molecule has 7 heteroatoms. The number of esters is 1. The standard InChI is InChI=1S/C20H19ClN2O4/c1-13-4-2-3-5-17(13)23-11-14(10-19(23)25)20(26)27-12-18(24)22-16-8-6-15(21)7-9-16/h2-9,14H,10-12H2,1H3,(H,22,24)/t14-/m0/s1. The number of aryl methyl sites for hydroxylation is 1. The second kappa shape index (κ2) is 8.22. The molecule has 1 N–H and O–H groups in total. The lowest BCUT2D eigenvalue weighted by atomic mass is 10.1. The van der Waals surface area contributed by atoms with Crippen LogP contribution in [0.4, 0.5) is 11.4 Å². The minimum absolute atomic E-state index is 0.0754. The van der Waals surface area contributed by atoms with Crippen LogP contribution in [-0.2, 0) is 19.1 Å². The van der Waals surface area contributed by atoms with E-state index in [1.807, 2.05) is 31.2 Å². The topological polar surface area (TPSA) is 75.7 Å². The third-order valence-corrected chi connectivity index (χ3v) is 4.59. The number of carbonyl (C=O) groups is 3. The zero-order valence-electron chi connectivity index (χ0n) is 14.8. The van der Waals surface area contributed by atoms with Crippen LogP contribution in [0, 0.1) is 12.8 Å². The Morgan fingerprint density at radius 3 is 2.59 bits per heavy atom. The van der Waals surface area contributed by atoms with Crippen LogP contribution >= 0.6 is 11.6 Å². The molecule has 2 amide bonds. The van der Waals surface area contributed by atoms with Gasteiger partial charge in [0.05, 0.1) is 5.92 Å². The SMILES string of the molecule is Cc1ccccc1N1C[C@@H](C(=O)OCC(=O)Nc2ccc(Cl)cc2)CC1=O. The van der Waals surface area contributed by atoms with Gasteiger partial charge in [0.2, 0.25) is 5.91 Å². The Hall–Kier alpha value is -2.86. The highest BCUT2D eigenvalue weighted by molar-refractivity contribution is 6.30. The lowest BCUT2D eigenvalue weighted by Crippen LogP contribution is -2.28. The zero-order chi connectivity index (χ0) is 19.4. The molecule has 1 heterocycles. The van der Waals surface area contributed by atoms with Gasteiger partial charge in [0.15, 0.2) is 6.61 Å². The van der Waals surface area contributed by atoms with Crippen molar-refractivity contribution < 1.29 is 19.1 Å². The Morgan fingerprint density at radius 1 is 1.19 bits per heavy atom. The molecule has 0 aromatic heterocycles. The Labute approximate surface area is 162 Å². The number of nitrogens with zero attached hydrogens (tertiary/aromatic N) is 1. The van der Waals surface area contributed by atoms with E-state index < -0.39 is 24.4 Å². The van der Waals surface area contributed by atoms with Crippen LogP contribution < -0.4 is 10.2 Å². The molecule has 1 aliphatic heterocycles. The number of ether oxygens (including phenoxy) is 1. The van der Waals surface area contributed by atoms with Gasteiger partial charge in [-0.05, 0) is 42.8 Å². The molecule has 0 radical (unpaired) electrons. The number of anilines is 2. The molecule has 0 unspecified atom stereocenters. The van der Waals surface area contributed by atoms with Crippen LogP contribution in [0.5, 0.6) is 0 Å². The number of hydrogen-bond donors (Lipinski definition) is 1. The molecule has 6 nitrogen and oxygen atoms in total. The highest BCUT2D eigenvalue weighted by Gasteiger charge is 2.36. The van der Waals surface area contributed by atoms with E-state index in [9.17, 15) is 14.4 Å². The van der Waals surface area contributed by atoms with E-state index in [1.54, 1.807) is 29.2 Å². The summed E-state index contributed by atoms with van der Waals surface area (Å²) in [6, 6.07) is 14.1. The van der Waals surface area contributed by atoms with Gasteiger partial charge in [-0.1, -0.05) is 29.8 Å². The van der Waals surface area contributed by atoms with Crippen molar-refractivity contribution in [3.05, 3.63) is 59.1 Å². The number of amides is 2. The number of benzene rings is 2. The van der Waals surface area contributed by atoms with Crippen LogP contribution in [0.15, 0.2) is 48.5 Å². The molecule has 3 rings (SSSR count). The van der Waals surface area contributed by atoms with Gasteiger partial charge in [0.1, 0.15) is 0 Å². The second-order valence-corrected chi connectivity index (χ2v) is 6.79. The lowest BCUT2D eigenvalue weighted by molar-refractivity contribution is -0.151. The molecule has 0 bridgehead atoms. The van der Waals surface area contributed by atoms with Gasteiger partial charge < -0.3 is 15.0 Å². The summed E-state index contributed by atoms with van der Waals surface area (Å²) in [5.74, 6) is -1.71. The molecule has 1 aliphatic rings. The van der Waals surface area contributed by atoms with Crippen LogP contribution in [-0.4, -0.2) is 30.9 Å². The third kappa shape index (κ3) is 4.65. The van der Waals surface area contributed by atoms with E-state index in [-0.39, 0.29) is 18.9 Å². The summed E-state index contributed by atoms with van der Waals surface area (Å²) in [7, 11) is 0. The van der Waals surface area contributed by atoms with Gasteiger partial charge in [0, 0.05) is 29.4 Å². The van der Waals surface area contributed by atoms with Crippen LogP contribution in [0.1, 0.15) is 12.0 Å². The highest BCUT2D eigenvalue weighted by Crippen LogP contribution is 2.28. The minimum Gasteiger partial charge on any atom is -0.455 e. The van der Waals surface area contributed by atoms with Crippen molar-refractivity contribution in [1.82, 2.24) is 0 Å². The van der Waals surface area contributed by atoms with Gasteiger partial charge in [-0.15, -0.1) is 0 Å².